The van der Waals surface area contributed by atoms with Gasteiger partial charge in [0, 0.05) is 43.1 Å². The van der Waals surface area contributed by atoms with E-state index in [-0.39, 0.29) is 5.95 Å². The number of piperazine rings is 1. The molecule has 1 aliphatic heterocycles. The number of nitrogen functional groups attached to an aromatic ring is 1. The van der Waals surface area contributed by atoms with Crippen LogP contribution in [-0.2, 0) is 0 Å². The number of benzene rings is 1. The van der Waals surface area contributed by atoms with Gasteiger partial charge in [-0.2, -0.15) is 9.67 Å². The fourth-order valence-electron chi connectivity index (χ4n) is 7.16. The van der Waals surface area contributed by atoms with Crippen LogP contribution in [0.4, 0.5) is 23.3 Å². The third-order valence-corrected chi connectivity index (χ3v) is 10.0. The Morgan fingerprint density at radius 1 is 1.08 bits per heavy atom. The van der Waals surface area contributed by atoms with E-state index >= 15 is 0 Å². The predicted molar refractivity (Wildman–Crippen MR) is 154 cm³/mol. The quantitative estimate of drug-likeness (QED) is 0.376. The maximum absolute atomic E-state index is 6.25. The van der Waals surface area contributed by atoms with Gasteiger partial charge in [-0.3, -0.25) is 4.90 Å². The molecule has 2 aliphatic carbocycles. The highest BCUT2D eigenvalue weighted by Crippen LogP contribution is 2.47. The Balaban J connectivity index is 1.06. The van der Waals surface area contributed by atoms with Crippen LogP contribution in [0.15, 0.2) is 29.9 Å². The van der Waals surface area contributed by atoms with Gasteiger partial charge >= 0.3 is 0 Å². The number of thiophene rings is 1. The van der Waals surface area contributed by atoms with Crippen molar-refractivity contribution in [3.8, 4) is 5.82 Å². The van der Waals surface area contributed by atoms with Crippen LogP contribution in [0, 0.1) is 25.7 Å². The van der Waals surface area contributed by atoms with Crippen molar-refractivity contribution >= 4 is 44.8 Å². The summed E-state index contributed by atoms with van der Waals surface area (Å²) < 4.78 is 2.53. The highest BCUT2D eigenvalue weighted by atomic mass is 32.1. The first-order valence-electron chi connectivity index (χ1n) is 13.7. The molecule has 1 unspecified atom stereocenters. The van der Waals surface area contributed by atoms with E-state index in [2.05, 4.69) is 72.6 Å². The maximum atomic E-state index is 6.25. The maximum Gasteiger partial charge on any atom is 0.248 e. The van der Waals surface area contributed by atoms with E-state index in [0.29, 0.717) is 17.8 Å². The lowest BCUT2D eigenvalue weighted by Crippen LogP contribution is -2.56. The summed E-state index contributed by atoms with van der Waals surface area (Å²) in [6.45, 7) is 9.97. The highest BCUT2D eigenvalue weighted by Gasteiger charge is 2.44. The van der Waals surface area contributed by atoms with Crippen molar-refractivity contribution in [3.05, 3.63) is 41.0 Å². The molecule has 3 fully saturated rings. The molecule has 4 aromatic rings. The summed E-state index contributed by atoms with van der Waals surface area (Å²) in [5.41, 5.74) is 11.8. The molecule has 0 amide bonds. The summed E-state index contributed by atoms with van der Waals surface area (Å²) in [4.78, 5) is 18.7. The van der Waals surface area contributed by atoms with Gasteiger partial charge in [-0.05, 0) is 86.6 Å². The van der Waals surface area contributed by atoms with Crippen LogP contribution in [0.3, 0.4) is 0 Å². The molecule has 4 atom stereocenters. The molecule has 3 N–H and O–H groups in total. The molecule has 198 valence electrons. The van der Waals surface area contributed by atoms with Gasteiger partial charge < -0.3 is 16.0 Å². The van der Waals surface area contributed by atoms with Crippen molar-refractivity contribution in [1.29, 1.82) is 0 Å². The number of fused-ring (bicyclic) bond motifs is 3. The normalized spacial score (nSPS) is 25.5. The molecule has 1 aromatic carbocycles. The minimum atomic E-state index is 0.286. The van der Waals surface area contributed by atoms with Crippen LogP contribution in [0.5, 0.6) is 0 Å². The number of aryl methyl sites for hydroxylation is 2. The smallest absolute Gasteiger partial charge is 0.248 e. The number of nitrogens with two attached hydrogens (primary N) is 1. The number of hydrogen-bond donors (Lipinski definition) is 2. The summed E-state index contributed by atoms with van der Waals surface area (Å²) in [6, 6.07) is 7.91. The predicted octanol–water partition coefficient (Wildman–Crippen LogP) is 4.91. The molecule has 3 aliphatic rings. The molecule has 9 nitrogen and oxygen atoms in total. The number of nitrogens with one attached hydrogen (secondary N) is 1. The molecule has 3 aromatic heterocycles. The minimum Gasteiger partial charge on any atom is -0.368 e. The standard InChI is InChI=1S/C28H35N9S/c1-16-10-21(32-28-33-27(29)37(34-28)26-25-24(30-15-31-26)17(2)14-38-25)6-7-22(16)35-8-9-36(18(3)13-35)23-12-19-4-5-20(23)11-19/h6-7,10,14-15,18-20,23H,4-5,8-9,11-13H2,1-3H3,(H3,29,32,33,34)/t18?,19-,20+,23+/m1/s1. The van der Waals surface area contributed by atoms with Crippen molar-refractivity contribution < 1.29 is 0 Å². The van der Waals surface area contributed by atoms with E-state index in [1.165, 1.54) is 36.9 Å². The van der Waals surface area contributed by atoms with Gasteiger partial charge in [0.1, 0.15) is 6.33 Å². The van der Waals surface area contributed by atoms with Crippen LogP contribution >= 0.6 is 11.3 Å². The molecular weight excluding hydrogens is 494 g/mol. The number of hydrogen-bond acceptors (Lipinski definition) is 9. The molecule has 0 spiro atoms. The van der Waals surface area contributed by atoms with Gasteiger partial charge in [0.15, 0.2) is 5.82 Å². The largest absolute Gasteiger partial charge is 0.368 e. The zero-order chi connectivity index (χ0) is 26.0. The topological polar surface area (TPSA) is 101 Å². The fraction of sp³-hybridized carbons (Fsp3) is 0.500. The second-order valence-corrected chi connectivity index (χ2v) is 12.3. The van der Waals surface area contributed by atoms with Gasteiger partial charge in [-0.1, -0.05) is 6.42 Å². The lowest BCUT2D eigenvalue weighted by atomic mass is 9.92. The van der Waals surface area contributed by atoms with E-state index in [1.54, 1.807) is 22.3 Å². The molecule has 38 heavy (non-hydrogen) atoms. The lowest BCUT2D eigenvalue weighted by molar-refractivity contribution is 0.0901. The van der Waals surface area contributed by atoms with Gasteiger partial charge in [0.05, 0.1) is 10.2 Å². The third-order valence-electron chi connectivity index (χ3n) is 8.94. The summed E-state index contributed by atoms with van der Waals surface area (Å²) >= 11 is 1.59. The fourth-order valence-corrected chi connectivity index (χ4v) is 8.13. The average Bonchev–Trinajstić information content (AvgIpc) is 3.69. The van der Waals surface area contributed by atoms with Gasteiger partial charge in [0.25, 0.3) is 0 Å². The van der Waals surface area contributed by atoms with E-state index in [4.69, 9.17) is 5.73 Å². The van der Waals surface area contributed by atoms with Crippen LogP contribution in [0.1, 0.15) is 43.7 Å². The number of nitrogens with zero attached hydrogens (tertiary/aromatic N) is 7. The Bertz CT molecular complexity index is 1490. The average molecular weight is 530 g/mol. The number of anilines is 4. The molecular formula is C28H35N9S. The van der Waals surface area contributed by atoms with Crippen molar-refractivity contribution in [1.82, 2.24) is 29.6 Å². The summed E-state index contributed by atoms with van der Waals surface area (Å²) in [5.74, 6) is 3.33. The lowest BCUT2D eigenvalue weighted by Gasteiger charge is -2.46. The second kappa shape index (κ2) is 9.20. The zero-order valence-electron chi connectivity index (χ0n) is 22.3. The van der Waals surface area contributed by atoms with Crippen molar-refractivity contribution in [2.24, 2.45) is 11.8 Å². The molecule has 2 bridgehead atoms. The van der Waals surface area contributed by atoms with Gasteiger partial charge in [-0.15, -0.1) is 16.4 Å². The van der Waals surface area contributed by atoms with E-state index in [9.17, 15) is 0 Å². The van der Waals surface area contributed by atoms with E-state index < -0.39 is 0 Å². The Morgan fingerprint density at radius 3 is 2.74 bits per heavy atom. The zero-order valence-corrected chi connectivity index (χ0v) is 23.1. The molecule has 10 heteroatoms. The molecule has 2 saturated carbocycles. The Hall–Kier alpha value is -3.24. The van der Waals surface area contributed by atoms with Crippen LogP contribution in [0.2, 0.25) is 0 Å². The SMILES string of the molecule is Cc1cc(Nc2nc(N)n(-c3ncnc4c(C)csc34)n2)ccc1N1CCN([C@H]2C[C@@H]3CC[C@H]2C3)C(C)C1. The van der Waals surface area contributed by atoms with Crippen LogP contribution < -0.4 is 16.0 Å². The molecule has 0 radical (unpaired) electrons. The van der Waals surface area contributed by atoms with E-state index in [0.717, 1.165) is 59.0 Å². The number of aromatic nitrogens is 5. The van der Waals surface area contributed by atoms with E-state index in [1.807, 2.05) is 6.92 Å². The Kier molecular flexibility index (Phi) is 5.77. The molecule has 7 rings (SSSR count). The van der Waals surface area contributed by atoms with Gasteiger partial charge in [-0.25, -0.2) is 9.97 Å². The first-order chi connectivity index (χ1) is 18.4. The first kappa shape index (κ1) is 23.8. The Morgan fingerprint density at radius 2 is 1.97 bits per heavy atom. The monoisotopic (exact) mass is 529 g/mol. The third kappa shape index (κ3) is 4.01. The van der Waals surface area contributed by atoms with Gasteiger partial charge in [0.2, 0.25) is 11.9 Å². The highest BCUT2D eigenvalue weighted by molar-refractivity contribution is 7.17. The summed E-state index contributed by atoms with van der Waals surface area (Å²) in [7, 11) is 0. The van der Waals surface area contributed by atoms with Crippen LogP contribution in [-0.4, -0.2) is 61.4 Å². The van der Waals surface area contributed by atoms with Crippen molar-refractivity contribution in [3.63, 3.8) is 0 Å². The number of rotatable bonds is 5. The summed E-state index contributed by atoms with van der Waals surface area (Å²) in [5, 5.41) is 10.0. The summed E-state index contributed by atoms with van der Waals surface area (Å²) in [6.07, 6.45) is 7.37. The Labute approximate surface area is 227 Å². The second-order valence-electron chi connectivity index (χ2n) is 11.4. The van der Waals surface area contributed by atoms with Crippen molar-refractivity contribution in [2.45, 2.75) is 58.5 Å². The molecule has 1 saturated heterocycles. The minimum absolute atomic E-state index is 0.286. The van der Waals surface area contributed by atoms with Crippen LogP contribution in [0.25, 0.3) is 16.0 Å². The van der Waals surface area contributed by atoms with Crippen molar-refractivity contribution in [2.75, 3.05) is 35.6 Å². The first-order valence-corrected chi connectivity index (χ1v) is 14.6. The molecule has 4 heterocycles.